The lowest BCUT2D eigenvalue weighted by molar-refractivity contribution is -0.900. The molecule has 0 aromatic rings. The van der Waals surface area contributed by atoms with Crippen LogP contribution in [0.2, 0.25) is 0 Å². The van der Waals surface area contributed by atoms with Crippen molar-refractivity contribution in [1.29, 1.82) is 0 Å². The normalized spacial score (nSPS) is 32.7. The monoisotopic (exact) mass is 425 g/mol. The Morgan fingerprint density at radius 3 is 2.41 bits per heavy atom. The smallest absolute Gasteiger partial charge is 0.126 e. The molecule has 2 aliphatic rings. The van der Waals surface area contributed by atoms with Crippen LogP contribution in [0.15, 0.2) is 0 Å². The van der Waals surface area contributed by atoms with Crippen LogP contribution in [0.1, 0.15) is 52.9 Å². The number of aliphatic hydroxyl groups excluding tert-OH is 1. The Hall–Kier alpha value is 0.610. The van der Waals surface area contributed by atoms with Crippen molar-refractivity contribution in [1.82, 2.24) is 0 Å². The number of ether oxygens (including phenoxy) is 1. The van der Waals surface area contributed by atoms with Crippen LogP contribution in [0.5, 0.6) is 0 Å². The SMILES string of the molecule is CC1CCC(C(C)C)C(OCC(O)C[N+]2(C)CCCC2)C1.[I-]. The zero-order chi connectivity index (χ0) is 15.5. The first-order valence-corrected chi connectivity index (χ1v) is 9.03. The van der Waals surface area contributed by atoms with Gasteiger partial charge in [-0.05, 0) is 30.6 Å². The fourth-order valence-electron chi connectivity index (χ4n) is 4.38. The van der Waals surface area contributed by atoms with Crippen molar-refractivity contribution in [2.45, 2.75) is 65.1 Å². The highest BCUT2D eigenvalue weighted by Gasteiger charge is 2.33. The summed E-state index contributed by atoms with van der Waals surface area (Å²) < 4.78 is 7.21. The van der Waals surface area contributed by atoms with Crippen molar-refractivity contribution in [3.63, 3.8) is 0 Å². The van der Waals surface area contributed by atoms with Crippen LogP contribution in [0.25, 0.3) is 0 Å². The summed E-state index contributed by atoms with van der Waals surface area (Å²) in [6, 6.07) is 0. The van der Waals surface area contributed by atoms with Gasteiger partial charge in [0.2, 0.25) is 0 Å². The minimum atomic E-state index is -0.307. The summed E-state index contributed by atoms with van der Waals surface area (Å²) in [6.07, 6.45) is 6.44. The summed E-state index contributed by atoms with van der Waals surface area (Å²) in [4.78, 5) is 0. The third-order valence-electron chi connectivity index (χ3n) is 5.76. The van der Waals surface area contributed by atoms with Crippen LogP contribution < -0.4 is 24.0 Å². The molecule has 132 valence electrons. The van der Waals surface area contributed by atoms with Gasteiger partial charge in [-0.15, -0.1) is 0 Å². The van der Waals surface area contributed by atoms with E-state index in [9.17, 15) is 5.11 Å². The van der Waals surface area contributed by atoms with Crippen LogP contribution in [0.3, 0.4) is 0 Å². The molecule has 0 bridgehead atoms. The molecule has 1 heterocycles. The second kappa shape index (κ2) is 9.19. The van der Waals surface area contributed by atoms with E-state index in [1.165, 1.54) is 45.2 Å². The van der Waals surface area contributed by atoms with Gasteiger partial charge in [-0.1, -0.05) is 27.2 Å². The Morgan fingerprint density at radius 1 is 1.18 bits per heavy atom. The summed E-state index contributed by atoms with van der Waals surface area (Å²) in [6.45, 7) is 10.8. The van der Waals surface area contributed by atoms with Gasteiger partial charge in [0.15, 0.2) is 0 Å². The average molecular weight is 425 g/mol. The maximum absolute atomic E-state index is 10.4. The van der Waals surface area contributed by atoms with Gasteiger partial charge in [0, 0.05) is 12.8 Å². The summed E-state index contributed by atoms with van der Waals surface area (Å²) in [5.74, 6) is 2.12. The highest BCUT2D eigenvalue weighted by atomic mass is 127. The summed E-state index contributed by atoms with van der Waals surface area (Å²) in [5.41, 5.74) is 0. The topological polar surface area (TPSA) is 29.5 Å². The average Bonchev–Trinajstić information content (AvgIpc) is 2.82. The van der Waals surface area contributed by atoms with Crippen molar-refractivity contribution in [3.05, 3.63) is 0 Å². The highest BCUT2D eigenvalue weighted by Crippen LogP contribution is 2.35. The zero-order valence-electron chi connectivity index (χ0n) is 14.9. The minimum absolute atomic E-state index is 0. The van der Waals surface area contributed by atoms with Gasteiger partial charge < -0.3 is 38.3 Å². The van der Waals surface area contributed by atoms with E-state index in [0.717, 1.165) is 16.9 Å². The van der Waals surface area contributed by atoms with Gasteiger partial charge in [-0.3, -0.25) is 0 Å². The van der Waals surface area contributed by atoms with Crippen LogP contribution >= 0.6 is 0 Å². The first kappa shape index (κ1) is 20.7. The van der Waals surface area contributed by atoms with Crippen molar-refractivity contribution in [3.8, 4) is 0 Å². The standard InChI is InChI=1S/C18H36NO2.HI/c1-14(2)17-8-7-15(3)11-18(17)21-13-16(20)12-19(4)9-5-6-10-19;/h14-18,20H,5-13H2,1-4H3;1H/q+1;/p-1. The number of halogens is 1. The van der Waals surface area contributed by atoms with E-state index in [-0.39, 0.29) is 30.1 Å². The molecular weight excluding hydrogens is 389 g/mol. The van der Waals surface area contributed by atoms with Gasteiger partial charge in [0.1, 0.15) is 12.6 Å². The first-order valence-electron chi connectivity index (χ1n) is 9.03. The molecule has 1 N–H and O–H groups in total. The third-order valence-corrected chi connectivity index (χ3v) is 5.76. The zero-order valence-corrected chi connectivity index (χ0v) is 17.1. The van der Waals surface area contributed by atoms with Gasteiger partial charge >= 0.3 is 0 Å². The number of hydrogen-bond acceptors (Lipinski definition) is 2. The minimum Gasteiger partial charge on any atom is -1.00 e. The fourth-order valence-corrected chi connectivity index (χ4v) is 4.38. The maximum Gasteiger partial charge on any atom is 0.126 e. The van der Waals surface area contributed by atoms with Gasteiger partial charge in [-0.25, -0.2) is 0 Å². The molecule has 0 aromatic heterocycles. The van der Waals surface area contributed by atoms with E-state index in [2.05, 4.69) is 27.8 Å². The predicted molar refractivity (Wildman–Crippen MR) is 87.1 cm³/mol. The van der Waals surface area contributed by atoms with Crippen LogP contribution in [-0.4, -0.2) is 55.1 Å². The molecule has 0 aromatic carbocycles. The molecule has 0 amide bonds. The van der Waals surface area contributed by atoms with E-state index in [4.69, 9.17) is 4.74 Å². The molecule has 1 saturated heterocycles. The molecule has 4 unspecified atom stereocenters. The Morgan fingerprint density at radius 2 is 1.82 bits per heavy atom. The van der Waals surface area contributed by atoms with Crippen LogP contribution in [0, 0.1) is 17.8 Å². The second-order valence-corrected chi connectivity index (χ2v) is 8.31. The van der Waals surface area contributed by atoms with Gasteiger partial charge in [-0.2, -0.15) is 0 Å². The number of rotatable bonds is 6. The molecule has 1 aliphatic carbocycles. The number of quaternary nitrogens is 1. The second-order valence-electron chi connectivity index (χ2n) is 8.31. The molecule has 4 atom stereocenters. The van der Waals surface area contributed by atoms with Crippen molar-refractivity contribution >= 4 is 0 Å². The lowest BCUT2D eigenvalue weighted by Gasteiger charge is -2.38. The maximum atomic E-state index is 10.4. The summed E-state index contributed by atoms with van der Waals surface area (Å²) >= 11 is 0. The number of likely N-dealkylation sites (N-methyl/N-ethyl adjacent to an activating group) is 1. The molecule has 2 fully saturated rings. The molecule has 2 rings (SSSR count). The van der Waals surface area contributed by atoms with E-state index in [1.807, 2.05) is 0 Å². The van der Waals surface area contributed by atoms with E-state index < -0.39 is 0 Å². The largest absolute Gasteiger partial charge is 1.00 e. The Labute approximate surface area is 154 Å². The number of hydrogen-bond donors (Lipinski definition) is 1. The molecule has 1 saturated carbocycles. The van der Waals surface area contributed by atoms with Gasteiger partial charge in [0.25, 0.3) is 0 Å². The Balaban J connectivity index is 0.00000242. The lowest BCUT2D eigenvalue weighted by Crippen LogP contribution is -3.00. The van der Waals surface area contributed by atoms with Crippen molar-refractivity contribution in [2.75, 3.05) is 33.3 Å². The fraction of sp³-hybridized carbons (Fsp3) is 1.00. The number of nitrogens with zero attached hydrogens (tertiary/aromatic N) is 1. The molecule has 1 aliphatic heterocycles. The van der Waals surface area contributed by atoms with E-state index in [1.54, 1.807) is 0 Å². The molecular formula is C18H36INO2. The molecule has 22 heavy (non-hydrogen) atoms. The van der Waals surface area contributed by atoms with E-state index in [0.29, 0.717) is 24.5 Å². The quantitative estimate of drug-likeness (QED) is 0.482. The Bertz CT molecular complexity index is 318. The van der Waals surface area contributed by atoms with Crippen LogP contribution in [-0.2, 0) is 4.74 Å². The van der Waals surface area contributed by atoms with E-state index >= 15 is 0 Å². The van der Waals surface area contributed by atoms with Crippen molar-refractivity contribution < 1.29 is 38.3 Å². The molecule has 3 nitrogen and oxygen atoms in total. The first-order chi connectivity index (χ1) is 9.89. The number of likely N-dealkylation sites (tertiary alicyclic amines) is 1. The third kappa shape index (κ3) is 5.91. The highest BCUT2D eigenvalue weighted by molar-refractivity contribution is 4.81. The predicted octanol–water partition coefficient (Wildman–Crippen LogP) is 0.0691. The molecule has 0 radical (unpaired) electrons. The lowest BCUT2D eigenvalue weighted by atomic mass is 9.75. The molecule has 4 heteroatoms. The van der Waals surface area contributed by atoms with Gasteiger partial charge in [0.05, 0.1) is 32.8 Å². The summed E-state index contributed by atoms with van der Waals surface area (Å²) in [7, 11) is 2.27. The Kier molecular flexibility index (Phi) is 8.62. The van der Waals surface area contributed by atoms with Crippen LogP contribution in [0.4, 0.5) is 0 Å². The summed E-state index contributed by atoms with van der Waals surface area (Å²) in [5, 5.41) is 10.4. The number of aliphatic hydroxyl groups is 1. The molecule has 0 spiro atoms. The van der Waals surface area contributed by atoms with Crippen molar-refractivity contribution in [2.24, 2.45) is 17.8 Å².